The summed E-state index contributed by atoms with van der Waals surface area (Å²) in [7, 11) is -1.69. The highest BCUT2D eigenvalue weighted by Gasteiger charge is 2.38. The summed E-state index contributed by atoms with van der Waals surface area (Å²) in [5, 5.41) is 9.22. The maximum absolute atomic E-state index is 10.9. The second-order valence-electron chi connectivity index (χ2n) is 14.1. The Labute approximate surface area is 239 Å². The number of hydrogen-bond acceptors (Lipinski definition) is 3. The Morgan fingerprint density at radius 3 is 2.10 bits per heavy atom. The van der Waals surface area contributed by atoms with E-state index in [9.17, 15) is 4.79 Å². The molecule has 0 aliphatic heterocycles. The number of aliphatic carboxylic acids is 1. The molecule has 5 heteroatoms. The van der Waals surface area contributed by atoms with Crippen molar-refractivity contribution in [3.63, 3.8) is 0 Å². The summed E-state index contributed by atoms with van der Waals surface area (Å²) in [4.78, 5) is 10.9. The predicted molar refractivity (Wildman–Crippen MR) is 168 cm³/mol. The van der Waals surface area contributed by atoms with Crippen molar-refractivity contribution in [2.75, 3.05) is 13.2 Å². The summed E-state index contributed by atoms with van der Waals surface area (Å²) in [6.07, 6.45) is 12.5. The van der Waals surface area contributed by atoms with Crippen molar-refractivity contribution >= 4 is 19.9 Å². The second kappa shape index (κ2) is 13.0. The summed E-state index contributed by atoms with van der Waals surface area (Å²) in [6, 6.07) is 4.64. The van der Waals surface area contributed by atoms with Gasteiger partial charge >= 0.3 is 5.97 Å². The van der Waals surface area contributed by atoms with E-state index in [1.165, 1.54) is 17.2 Å². The van der Waals surface area contributed by atoms with E-state index in [2.05, 4.69) is 80.6 Å². The van der Waals surface area contributed by atoms with Gasteiger partial charge in [0.05, 0.1) is 6.61 Å². The topological polar surface area (TPSA) is 55.8 Å². The fourth-order valence-corrected chi connectivity index (χ4v) is 5.89. The molecule has 0 atom stereocenters. The first-order chi connectivity index (χ1) is 17.9. The van der Waals surface area contributed by atoms with Gasteiger partial charge in [-0.25, -0.2) is 4.79 Å². The van der Waals surface area contributed by atoms with Crippen LogP contribution in [0.15, 0.2) is 42.0 Å². The molecular weight excluding hydrogens is 500 g/mol. The Morgan fingerprint density at radius 2 is 1.54 bits per heavy atom. The lowest BCUT2D eigenvalue weighted by atomic mass is 9.62. The fraction of sp³-hybridized carbons (Fsp3) is 0.618. The standard InChI is InChI=1S/C34H54O4Si/c1-25(22-31(35)36)16-15-17-26(2)27-23-28-29(34(8,9)19-18-33(28,6)7)24-30(27)37-20-13-12-14-21-38-39(10,11)32(3,4)5/h15-17,22-24H,12-14,18-21H2,1-11H3,(H,35,36). The van der Waals surface area contributed by atoms with E-state index in [1.807, 2.05) is 18.2 Å². The summed E-state index contributed by atoms with van der Waals surface area (Å²) in [5.74, 6) is 0.0108. The Balaban J connectivity index is 2.22. The maximum Gasteiger partial charge on any atom is 0.328 e. The van der Waals surface area contributed by atoms with Gasteiger partial charge in [0, 0.05) is 18.2 Å². The Morgan fingerprint density at radius 1 is 0.974 bits per heavy atom. The van der Waals surface area contributed by atoms with Crippen LogP contribution in [0.2, 0.25) is 18.1 Å². The minimum Gasteiger partial charge on any atom is -0.493 e. The molecule has 1 aromatic carbocycles. The molecule has 1 N–H and O–H groups in total. The fourth-order valence-electron chi connectivity index (χ4n) is 4.81. The third-order valence-electron chi connectivity index (χ3n) is 8.75. The average molecular weight is 555 g/mol. The highest BCUT2D eigenvalue weighted by molar-refractivity contribution is 6.74. The number of fused-ring (bicyclic) bond motifs is 1. The third kappa shape index (κ3) is 9.21. The van der Waals surface area contributed by atoms with Crippen LogP contribution in [0.3, 0.4) is 0 Å². The molecule has 0 saturated carbocycles. The summed E-state index contributed by atoms with van der Waals surface area (Å²) < 4.78 is 12.8. The first-order valence-corrected chi connectivity index (χ1v) is 17.5. The summed E-state index contributed by atoms with van der Waals surface area (Å²) >= 11 is 0. The number of carboxylic acid groups (broad SMARTS) is 1. The van der Waals surface area contributed by atoms with E-state index in [0.717, 1.165) is 55.6 Å². The highest BCUT2D eigenvalue weighted by atomic mass is 28.4. The van der Waals surface area contributed by atoms with E-state index >= 15 is 0 Å². The van der Waals surface area contributed by atoms with Gasteiger partial charge in [0.15, 0.2) is 8.32 Å². The van der Waals surface area contributed by atoms with Crippen LogP contribution >= 0.6 is 0 Å². The van der Waals surface area contributed by atoms with Crippen LogP contribution in [0.1, 0.15) is 111 Å². The zero-order valence-electron chi connectivity index (χ0n) is 26.6. The van der Waals surface area contributed by atoms with Gasteiger partial charge in [-0.15, -0.1) is 0 Å². The molecule has 1 aromatic rings. The van der Waals surface area contributed by atoms with Gasteiger partial charge in [-0.1, -0.05) is 66.7 Å². The van der Waals surface area contributed by atoms with Gasteiger partial charge in [-0.3, -0.25) is 0 Å². The monoisotopic (exact) mass is 554 g/mol. The van der Waals surface area contributed by atoms with Crippen LogP contribution in [0.25, 0.3) is 5.57 Å². The van der Waals surface area contributed by atoms with Gasteiger partial charge in [0.1, 0.15) is 5.75 Å². The number of carbonyl (C=O) groups is 1. The van der Waals surface area contributed by atoms with Crippen LogP contribution in [-0.2, 0) is 20.1 Å². The van der Waals surface area contributed by atoms with Gasteiger partial charge in [0.25, 0.3) is 0 Å². The number of allylic oxidation sites excluding steroid dienone is 5. The molecule has 39 heavy (non-hydrogen) atoms. The van der Waals surface area contributed by atoms with Crippen molar-refractivity contribution in [2.45, 2.75) is 123 Å². The first kappa shape index (κ1) is 33.1. The molecule has 0 bridgehead atoms. The number of unbranched alkanes of at least 4 members (excludes halogenated alkanes) is 2. The van der Waals surface area contributed by atoms with Crippen LogP contribution in [-0.4, -0.2) is 32.6 Å². The zero-order valence-corrected chi connectivity index (χ0v) is 27.6. The van der Waals surface area contributed by atoms with Crippen molar-refractivity contribution in [2.24, 2.45) is 0 Å². The quantitative estimate of drug-likeness (QED) is 0.121. The first-order valence-electron chi connectivity index (χ1n) is 14.6. The van der Waals surface area contributed by atoms with E-state index < -0.39 is 14.3 Å². The van der Waals surface area contributed by atoms with Crippen molar-refractivity contribution < 1.29 is 19.1 Å². The molecule has 0 aromatic heterocycles. The Bertz CT molecular complexity index is 1100. The van der Waals surface area contributed by atoms with Gasteiger partial charge in [-0.2, -0.15) is 0 Å². The largest absolute Gasteiger partial charge is 0.493 e. The highest BCUT2D eigenvalue weighted by Crippen LogP contribution is 2.48. The SMILES string of the molecule is CC(C=CC=C(C)c1cc2c(cc1OCCCCCO[Si](C)(C)C(C)(C)C)C(C)(C)CCC2(C)C)=CC(=O)O. The average Bonchev–Trinajstić information content (AvgIpc) is 2.79. The molecule has 1 aliphatic carbocycles. The Hall–Kier alpha value is -2.11. The second-order valence-corrected chi connectivity index (χ2v) is 18.9. The number of benzene rings is 1. The molecule has 4 nitrogen and oxygen atoms in total. The molecule has 2 rings (SSSR count). The number of ether oxygens (including phenoxy) is 1. The van der Waals surface area contributed by atoms with Crippen LogP contribution in [0.4, 0.5) is 0 Å². The molecule has 0 fully saturated rings. The van der Waals surface area contributed by atoms with Crippen molar-refractivity contribution in [3.05, 3.63) is 58.7 Å². The van der Waals surface area contributed by atoms with Crippen LogP contribution in [0.5, 0.6) is 5.75 Å². The maximum atomic E-state index is 10.9. The minimum absolute atomic E-state index is 0.110. The molecule has 0 heterocycles. The molecule has 0 unspecified atom stereocenters. The molecule has 0 amide bonds. The number of carboxylic acids is 1. The Kier molecular flexibility index (Phi) is 11.1. The lowest BCUT2D eigenvalue weighted by molar-refractivity contribution is -0.131. The van der Waals surface area contributed by atoms with Crippen molar-refractivity contribution in [3.8, 4) is 5.75 Å². The van der Waals surface area contributed by atoms with Crippen molar-refractivity contribution in [1.29, 1.82) is 0 Å². The number of rotatable bonds is 12. The minimum atomic E-state index is -1.69. The predicted octanol–water partition coefficient (Wildman–Crippen LogP) is 9.60. The lowest BCUT2D eigenvalue weighted by Crippen LogP contribution is -2.40. The molecule has 0 radical (unpaired) electrons. The van der Waals surface area contributed by atoms with E-state index in [1.54, 1.807) is 6.92 Å². The molecular formula is C34H54O4Si. The molecule has 0 saturated heterocycles. The van der Waals surface area contributed by atoms with Gasteiger partial charge in [0.2, 0.25) is 0 Å². The third-order valence-corrected chi connectivity index (χ3v) is 13.3. The van der Waals surface area contributed by atoms with Crippen LogP contribution in [0, 0.1) is 0 Å². The number of hydrogen-bond donors (Lipinski definition) is 1. The van der Waals surface area contributed by atoms with Gasteiger partial charge < -0.3 is 14.3 Å². The molecule has 0 spiro atoms. The van der Waals surface area contributed by atoms with E-state index in [-0.39, 0.29) is 15.9 Å². The zero-order chi connectivity index (χ0) is 29.6. The van der Waals surface area contributed by atoms with Gasteiger partial charge in [-0.05, 0) is 109 Å². The normalized spacial score (nSPS) is 17.8. The molecule has 218 valence electrons. The van der Waals surface area contributed by atoms with E-state index in [4.69, 9.17) is 14.3 Å². The smallest absolute Gasteiger partial charge is 0.328 e. The summed E-state index contributed by atoms with van der Waals surface area (Å²) in [6.45, 7) is 26.3. The molecule has 1 aliphatic rings. The lowest BCUT2D eigenvalue weighted by Gasteiger charge is -2.42. The van der Waals surface area contributed by atoms with Crippen molar-refractivity contribution in [1.82, 2.24) is 0 Å². The van der Waals surface area contributed by atoms with E-state index in [0.29, 0.717) is 12.2 Å². The van der Waals surface area contributed by atoms with Crippen LogP contribution < -0.4 is 4.74 Å². The summed E-state index contributed by atoms with van der Waals surface area (Å²) in [5.41, 5.74) is 5.94.